The molecule has 1 spiro atoms. The number of imidazole rings is 1. The third-order valence-corrected chi connectivity index (χ3v) is 4.49. The highest BCUT2D eigenvalue weighted by Gasteiger charge is 2.45. The van der Waals surface area contributed by atoms with Crippen molar-refractivity contribution in [3.8, 4) is 0 Å². The smallest absolute Gasteiger partial charge is 0.215 e. The van der Waals surface area contributed by atoms with Crippen LogP contribution in [-0.2, 0) is 10.3 Å². The van der Waals surface area contributed by atoms with E-state index in [1.807, 2.05) is 28.8 Å². The number of ether oxygens (including phenoxy) is 1. The van der Waals surface area contributed by atoms with Crippen molar-refractivity contribution in [3.05, 3.63) is 65.6 Å². The van der Waals surface area contributed by atoms with Gasteiger partial charge in [-0.3, -0.25) is 4.57 Å². The Hall–Kier alpha value is -2.50. The van der Waals surface area contributed by atoms with E-state index in [9.17, 15) is 5.11 Å². The van der Waals surface area contributed by atoms with Crippen molar-refractivity contribution in [2.24, 2.45) is 0 Å². The van der Waals surface area contributed by atoms with Crippen molar-refractivity contribution in [3.63, 3.8) is 0 Å². The molecule has 2 aliphatic rings. The lowest BCUT2D eigenvalue weighted by molar-refractivity contribution is -0.142. The molecule has 1 aliphatic carbocycles. The molecular weight excluding hydrogens is 278 g/mol. The number of rotatable bonds is 0. The predicted octanol–water partition coefficient (Wildman–Crippen LogP) is 2.22. The number of pyridine rings is 1. The van der Waals surface area contributed by atoms with Gasteiger partial charge in [-0.2, -0.15) is 0 Å². The van der Waals surface area contributed by atoms with E-state index in [0.717, 1.165) is 22.3 Å². The molecule has 2 aromatic heterocycles. The number of aliphatic hydroxyl groups is 1. The molecule has 0 saturated carbocycles. The van der Waals surface area contributed by atoms with Crippen LogP contribution in [0.2, 0.25) is 0 Å². The van der Waals surface area contributed by atoms with Crippen LogP contribution in [0.4, 0.5) is 0 Å². The third kappa shape index (κ3) is 1.35. The predicted molar refractivity (Wildman–Crippen MR) is 81.0 cm³/mol. The van der Waals surface area contributed by atoms with Crippen LogP contribution >= 0.6 is 0 Å². The largest absolute Gasteiger partial charge is 0.362 e. The molecule has 22 heavy (non-hydrogen) atoms. The van der Waals surface area contributed by atoms with Crippen LogP contribution in [0, 0.1) is 0 Å². The lowest BCUT2D eigenvalue weighted by Crippen LogP contribution is -2.43. The molecule has 2 atom stereocenters. The van der Waals surface area contributed by atoms with Gasteiger partial charge in [-0.15, -0.1) is 0 Å². The van der Waals surface area contributed by atoms with Crippen molar-refractivity contribution in [2.75, 3.05) is 6.61 Å². The zero-order valence-corrected chi connectivity index (χ0v) is 11.7. The Morgan fingerprint density at radius 2 is 2.14 bits per heavy atom. The minimum Gasteiger partial charge on any atom is -0.362 e. The summed E-state index contributed by atoms with van der Waals surface area (Å²) >= 11 is 0. The summed E-state index contributed by atoms with van der Waals surface area (Å²) in [7, 11) is 0. The van der Waals surface area contributed by atoms with Gasteiger partial charge in [0.2, 0.25) is 6.29 Å². The molecule has 1 aliphatic heterocycles. The first-order valence-electron chi connectivity index (χ1n) is 7.22. The van der Waals surface area contributed by atoms with E-state index < -0.39 is 11.8 Å². The topological polar surface area (TPSA) is 60.2 Å². The Morgan fingerprint density at radius 1 is 1.23 bits per heavy atom. The fourth-order valence-electron chi connectivity index (χ4n) is 3.51. The molecule has 0 bridgehead atoms. The van der Waals surface area contributed by atoms with Gasteiger partial charge in [-0.05, 0) is 23.3 Å². The quantitative estimate of drug-likeness (QED) is 0.690. The van der Waals surface area contributed by atoms with Gasteiger partial charge in [-0.1, -0.05) is 36.4 Å². The molecule has 5 heteroatoms. The summed E-state index contributed by atoms with van der Waals surface area (Å²) in [4.78, 5) is 9.00. The highest BCUT2D eigenvalue weighted by Crippen LogP contribution is 2.44. The van der Waals surface area contributed by atoms with E-state index in [0.29, 0.717) is 12.4 Å². The van der Waals surface area contributed by atoms with E-state index in [4.69, 9.17) is 4.74 Å². The number of fused-ring (bicyclic) bond motifs is 6. The molecule has 3 aromatic rings. The van der Waals surface area contributed by atoms with Crippen LogP contribution < -0.4 is 0 Å². The third-order valence-electron chi connectivity index (χ3n) is 4.49. The van der Waals surface area contributed by atoms with Crippen molar-refractivity contribution in [1.82, 2.24) is 14.5 Å². The Labute approximate surface area is 126 Å². The fourth-order valence-corrected chi connectivity index (χ4v) is 3.51. The minimum atomic E-state index is -1.03. The van der Waals surface area contributed by atoms with Crippen LogP contribution in [0.15, 0.2) is 48.7 Å². The second-order valence-corrected chi connectivity index (χ2v) is 5.66. The van der Waals surface area contributed by atoms with Gasteiger partial charge in [-0.25, -0.2) is 9.97 Å². The van der Waals surface area contributed by atoms with E-state index in [1.54, 1.807) is 6.20 Å². The van der Waals surface area contributed by atoms with E-state index in [2.05, 4.69) is 34.3 Å². The van der Waals surface area contributed by atoms with Crippen LogP contribution in [0.3, 0.4) is 0 Å². The van der Waals surface area contributed by atoms with Crippen molar-refractivity contribution in [2.45, 2.75) is 11.8 Å². The first kappa shape index (κ1) is 12.1. The number of aliphatic hydroxyl groups excluding tert-OH is 1. The van der Waals surface area contributed by atoms with E-state index >= 15 is 0 Å². The van der Waals surface area contributed by atoms with Gasteiger partial charge in [0.15, 0.2) is 11.5 Å². The normalized spacial score (nSPS) is 25.6. The SMILES string of the molecule is OC1OCC2(C=Cc3ccccc32)n2c1nc1cccnc12. The van der Waals surface area contributed by atoms with Gasteiger partial charge < -0.3 is 9.84 Å². The lowest BCUT2D eigenvalue weighted by Gasteiger charge is -2.37. The maximum Gasteiger partial charge on any atom is 0.215 e. The number of nitrogens with zero attached hydrogens (tertiary/aromatic N) is 3. The van der Waals surface area contributed by atoms with Crippen molar-refractivity contribution >= 4 is 17.2 Å². The Bertz CT molecular complexity index is 931. The molecule has 0 amide bonds. The van der Waals surface area contributed by atoms with Crippen molar-refractivity contribution in [1.29, 1.82) is 0 Å². The summed E-state index contributed by atoms with van der Waals surface area (Å²) in [6.45, 7) is 0.358. The molecule has 5 rings (SSSR count). The molecular formula is C17H13N3O2. The summed E-state index contributed by atoms with van der Waals surface area (Å²) in [6, 6.07) is 12.0. The number of benzene rings is 1. The van der Waals surface area contributed by atoms with Gasteiger partial charge >= 0.3 is 0 Å². The molecule has 1 aromatic carbocycles. The molecule has 2 unspecified atom stereocenters. The number of aromatic nitrogens is 3. The monoisotopic (exact) mass is 291 g/mol. The highest BCUT2D eigenvalue weighted by atomic mass is 16.6. The highest BCUT2D eigenvalue weighted by molar-refractivity contribution is 5.75. The zero-order valence-electron chi connectivity index (χ0n) is 11.7. The van der Waals surface area contributed by atoms with E-state index in [1.165, 1.54) is 0 Å². The molecule has 3 heterocycles. The molecule has 108 valence electrons. The summed E-state index contributed by atoms with van der Waals surface area (Å²) in [5.41, 5.74) is 3.34. The fraction of sp³-hybridized carbons (Fsp3) is 0.176. The van der Waals surface area contributed by atoms with Gasteiger partial charge in [0.25, 0.3) is 0 Å². The average Bonchev–Trinajstić information content (AvgIpc) is 3.12. The van der Waals surface area contributed by atoms with Gasteiger partial charge in [0.05, 0.1) is 6.61 Å². The summed E-state index contributed by atoms with van der Waals surface area (Å²) in [5, 5.41) is 10.2. The average molecular weight is 291 g/mol. The number of hydrogen-bond acceptors (Lipinski definition) is 4. The van der Waals surface area contributed by atoms with E-state index in [-0.39, 0.29) is 0 Å². The molecule has 0 fully saturated rings. The second kappa shape index (κ2) is 4.03. The number of hydrogen-bond donors (Lipinski definition) is 1. The summed E-state index contributed by atoms with van der Waals surface area (Å²) < 4.78 is 7.63. The zero-order chi connectivity index (χ0) is 14.7. The molecule has 0 saturated heterocycles. The first-order valence-corrected chi connectivity index (χ1v) is 7.22. The molecule has 1 N–H and O–H groups in total. The Balaban J connectivity index is 1.89. The maximum absolute atomic E-state index is 10.2. The van der Waals surface area contributed by atoms with Crippen LogP contribution in [0.5, 0.6) is 0 Å². The summed E-state index contributed by atoms with van der Waals surface area (Å²) in [5.74, 6) is 0.501. The summed E-state index contributed by atoms with van der Waals surface area (Å²) in [6.07, 6.45) is 4.93. The second-order valence-electron chi connectivity index (χ2n) is 5.66. The van der Waals surface area contributed by atoms with Gasteiger partial charge in [0, 0.05) is 6.20 Å². The lowest BCUT2D eigenvalue weighted by atomic mass is 9.91. The van der Waals surface area contributed by atoms with Crippen molar-refractivity contribution < 1.29 is 9.84 Å². The first-order chi connectivity index (χ1) is 10.8. The Kier molecular flexibility index (Phi) is 2.21. The molecule has 5 nitrogen and oxygen atoms in total. The van der Waals surface area contributed by atoms with Gasteiger partial charge in [0.1, 0.15) is 11.1 Å². The van der Waals surface area contributed by atoms with Crippen LogP contribution in [-0.4, -0.2) is 26.2 Å². The Morgan fingerprint density at radius 3 is 3.09 bits per heavy atom. The van der Waals surface area contributed by atoms with Crippen LogP contribution in [0.25, 0.3) is 17.2 Å². The van der Waals surface area contributed by atoms with Crippen LogP contribution in [0.1, 0.15) is 23.2 Å². The molecule has 0 radical (unpaired) electrons. The minimum absolute atomic E-state index is 0.358. The maximum atomic E-state index is 10.2. The standard InChI is InChI=1S/C17H13N3O2/c21-16-15-19-13-6-3-9-18-14(13)20(15)17(10-22-16)8-7-11-4-1-2-5-12(11)17/h1-9,16,21H,10H2.